The first kappa shape index (κ1) is 9.21. The summed E-state index contributed by atoms with van der Waals surface area (Å²) in [5.74, 6) is 0.901. The van der Waals surface area contributed by atoms with Gasteiger partial charge in [-0.2, -0.15) is 0 Å². The number of rotatable bonds is 3. The van der Waals surface area contributed by atoms with E-state index in [9.17, 15) is 0 Å². The normalized spacial score (nSPS) is 10.1. The monoisotopic (exact) mass is 205 g/mol. The van der Waals surface area contributed by atoms with Gasteiger partial charge in [-0.1, -0.05) is 12.1 Å². The lowest BCUT2D eigenvalue weighted by Crippen LogP contribution is -1.86. The Morgan fingerprint density at radius 3 is 2.64 bits per heavy atom. The Morgan fingerprint density at radius 1 is 1.29 bits per heavy atom. The zero-order valence-electron chi connectivity index (χ0n) is 7.93. The van der Waals surface area contributed by atoms with Crippen LogP contribution in [0.25, 0.3) is 0 Å². The van der Waals surface area contributed by atoms with Crippen LogP contribution in [0.1, 0.15) is 10.4 Å². The van der Waals surface area contributed by atoms with Crippen LogP contribution in [0.15, 0.2) is 36.0 Å². The van der Waals surface area contributed by atoms with Crippen LogP contribution in [0.5, 0.6) is 5.75 Å². The molecule has 0 atom stereocenters. The summed E-state index contributed by atoms with van der Waals surface area (Å²) in [5.41, 5.74) is 3.15. The maximum absolute atomic E-state index is 5.09. The number of ether oxygens (including phenoxy) is 1. The Morgan fingerprint density at radius 2 is 2.07 bits per heavy atom. The standard InChI is InChI=1S/C11H11NOS/c1-13-10-4-2-9(3-5-10)6-11-7-12-8-14-11/h2-5,7-8H,6H2,1H3. The third-order valence-corrected chi connectivity index (χ3v) is 2.80. The molecule has 2 aromatic rings. The second-order valence-corrected chi connectivity index (χ2v) is 3.96. The topological polar surface area (TPSA) is 22.1 Å². The molecule has 0 saturated heterocycles. The van der Waals surface area contributed by atoms with Gasteiger partial charge < -0.3 is 4.74 Å². The molecule has 1 aromatic carbocycles. The third kappa shape index (κ3) is 2.12. The molecule has 0 fully saturated rings. The fourth-order valence-electron chi connectivity index (χ4n) is 1.27. The molecule has 0 bridgehead atoms. The van der Waals surface area contributed by atoms with Crippen molar-refractivity contribution in [2.24, 2.45) is 0 Å². The summed E-state index contributed by atoms with van der Waals surface area (Å²) < 4.78 is 5.09. The van der Waals surface area contributed by atoms with Crippen molar-refractivity contribution in [3.8, 4) is 5.75 Å². The van der Waals surface area contributed by atoms with Crippen molar-refractivity contribution in [3.05, 3.63) is 46.4 Å². The molecule has 0 aliphatic heterocycles. The second-order valence-electron chi connectivity index (χ2n) is 2.99. The molecule has 0 N–H and O–H groups in total. The molecule has 0 saturated carbocycles. The molecular weight excluding hydrogens is 194 g/mol. The largest absolute Gasteiger partial charge is 0.497 e. The second kappa shape index (κ2) is 4.24. The van der Waals surface area contributed by atoms with Gasteiger partial charge in [-0.25, -0.2) is 0 Å². The molecule has 0 aliphatic rings. The number of aromatic nitrogens is 1. The average molecular weight is 205 g/mol. The summed E-state index contributed by atoms with van der Waals surface area (Å²) in [7, 11) is 1.68. The number of methoxy groups -OCH3 is 1. The maximum Gasteiger partial charge on any atom is 0.118 e. The summed E-state index contributed by atoms with van der Waals surface area (Å²) in [6.45, 7) is 0. The first-order valence-electron chi connectivity index (χ1n) is 4.39. The maximum atomic E-state index is 5.09. The van der Waals surface area contributed by atoms with Crippen LogP contribution in [0.4, 0.5) is 0 Å². The van der Waals surface area contributed by atoms with Crippen molar-refractivity contribution in [1.82, 2.24) is 4.98 Å². The van der Waals surface area contributed by atoms with Gasteiger partial charge in [0.1, 0.15) is 5.75 Å². The molecule has 3 heteroatoms. The minimum absolute atomic E-state index is 0.901. The minimum Gasteiger partial charge on any atom is -0.497 e. The molecular formula is C11H11NOS. The van der Waals surface area contributed by atoms with E-state index in [2.05, 4.69) is 17.1 Å². The van der Waals surface area contributed by atoms with Gasteiger partial charge >= 0.3 is 0 Å². The van der Waals surface area contributed by atoms with E-state index in [1.807, 2.05) is 23.8 Å². The van der Waals surface area contributed by atoms with Gasteiger partial charge in [0.15, 0.2) is 0 Å². The molecule has 0 amide bonds. The van der Waals surface area contributed by atoms with Crippen LogP contribution in [-0.2, 0) is 6.42 Å². The van der Waals surface area contributed by atoms with Crippen molar-refractivity contribution >= 4 is 11.3 Å². The summed E-state index contributed by atoms with van der Waals surface area (Å²) in [6, 6.07) is 8.13. The molecule has 0 unspecified atom stereocenters. The summed E-state index contributed by atoms with van der Waals surface area (Å²) >= 11 is 1.69. The molecule has 0 aliphatic carbocycles. The van der Waals surface area contributed by atoms with E-state index in [-0.39, 0.29) is 0 Å². The Hall–Kier alpha value is -1.35. The predicted octanol–water partition coefficient (Wildman–Crippen LogP) is 2.74. The number of thiazole rings is 1. The molecule has 0 spiro atoms. The van der Waals surface area contributed by atoms with E-state index in [1.54, 1.807) is 18.4 Å². The Kier molecular flexibility index (Phi) is 2.79. The molecule has 2 nitrogen and oxygen atoms in total. The van der Waals surface area contributed by atoms with Gasteiger partial charge in [0, 0.05) is 17.5 Å². The van der Waals surface area contributed by atoms with Crippen LogP contribution in [0.2, 0.25) is 0 Å². The summed E-state index contributed by atoms with van der Waals surface area (Å²) in [5, 5.41) is 0. The third-order valence-electron chi connectivity index (χ3n) is 2.02. The minimum atomic E-state index is 0.901. The Bertz CT molecular complexity index is 380. The highest BCUT2D eigenvalue weighted by Crippen LogP contribution is 2.16. The van der Waals surface area contributed by atoms with Crippen LogP contribution < -0.4 is 4.74 Å². The smallest absolute Gasteiger partial charge is 0.118 e. The highest BCUT2D eigenvalue weighted by molar-refractivity contribution is 7.09. The van der Waals surface area contributed by atoms with E-state index >= 15 is 0 Å². The lowest BCUT2D eigenvalue weighted by Gasteiger charge is -2.01. The van der Waals surface area contributed by atoms with Crippen LogP contribution in [0.3, 0.4) is 0 Å². The van der Waals surface area contributed by atoms with Gasteiger partial charge in [0.2, 0.25) is 0 Å². The van der Waals surface area contributed by atoms with E-state index in [0.29, 0.717) is 0 Å². The van der Waals surface area contributed by atoms with Crippen molar-refractivity contribution in [3.63, 3.8) is 0 Å². The molecule has 0 radical (unpaired) electrons. The van der Waals surface area contributed by atoms with Gasteiger partial charge in [0.25, 0.3) is 0 Å². The van der Waals surface area contributed by atoms with Crippen molar-refractivity contribution in [2.45, 2.75) is 6.42 Å². The van der Waals surface area contributed by atoms with E-state index in [0.717, 1.165) is 12.2 Å². The number of hydrogen-bond donors (Lipinski definition) is 0. The molecule has 72 valence electrons. The Labute approximate surface area is 87.2 Å². The highest BCUT2D eigenvalue weighted by atomic mass is 32.1. The van der Waals surface area contributed by atoms with Gasteiger partial charge in [-0.3, -0.25) is 4.98 Å². The number of hydrogen-bond acceptors (Lipinski definition) is 3. The zero-order chi connectivity index (χ0) is 9.80. The van der Waals surface area contributed by atoms with E-state index in [4.69, 9.17) is 4.74 Å². The van der Waals surface area contributed by atoms with Crippen LogP contribution in [0, 0.1) is 0 Å². The molecule has 1 aromatic heterocycles. The highest BCUT2D eigenvalue weighted by Gasteiger charge is 1.97. The van der Waals surface area contributed by atoms with Crippen molar-refractivity contribution in [1.29, 1.82) is 0 Å². The molecule has 14 heavy (non-hydrogen) atoms. The summed E-state index contributed by atoms with van der Waals surface area (Å²) in [4.78, 5) is 5.33. The van der Waals surface area contributed by atoms with Crippen LogP contribution >= 0.6 is 11.3 Å². The van der Waals surface area contributed by atoms with Gasteiger partial charge in [-0.05, 0) is 17.7 Å². The lowest BCUT2D eigenvalue weighted by atomic mass is 10.1. The summed E-state index contributed by atoms with van der Waals surface area (Å²) in [6.07, 6.45) is 2.86. The molecule has 2 rings (SSSR count). The first-order chi connectivity index (χ1) is 6.88. The average Bonchev–Trinajstić information content (AvgIpc) is 2.72. The van der Waals surface area contributed by atoms with Crippen LogP contribution in [-0.4, -0.2) is 12.1 Å². The van der Waals surface area contributed by atoms with Crippen molar-refractivity contribution < 1.29 is 4.74 Å². The van der Waals surface area contributed by atoms with E-state index in [1.165, 1.54) is 10.4 Å². The van der Waals surface area contributed by atoms with Crippen molar-refractivity contribution in [2.75, 3.05) is 7.11 Å². The fourth-order valence-corrected chi connectivity index (χ4v) is 1.90. The first-order valence-corrected chi connectivity index (χ1v) is 5.27. The zero-order valence-corrected chi connectivity index (χ0v) is 8.75. The van der Waals surface area contributed by atoms with Gasteiger partial charge in [-0.15, -0.1) is 11.3 Å². The Balaban J connectivity index is 2.10. The quantitative estimate of drug-likeness (QED) is 0.768. The lowest BCUT2D eigenvalue weighted by molar-refractivity contribution is 0.414. The SMILES string of the molecule is COc1ccc(Cc2cncs2)cc1. The fraction of sp³-hybridized carbons (Fsp3) is 0.182. The molecule has 1 heterocycles. The predicted molar refractivity (Wildman–Crippen MR) is 57.9 cm³/mol. The number of nitrogens with zero attached hydrogens (tertiary/aromatic N) is 1. The number of benzene rings is 1. The van der Waals surface area contributed by atoms with E-state index < -0.39 is 0 Å². The van der Waals surface area contributed by atoms with Gasteiger partial charge in [0.05, 0.1) is 12.6 Å².